The van der Waals surface area contributed by atoms with E-state index in [9.17, 15) is 10.1 Å². The van der Waals surface area contributed by atoms with Crippen LogP contribution in [0.15, 0.2) is 18.2 Å². The maximum absolute atomic E-state index is 10.9. The first-order valence-corrected chi connectivity index (χ1v) is 7.36. The average Bonchev–Trinajstić information content (AvgIpc) is 3.08. The van der Waals surface area contributed by atoms with Crippen LogP contribution in [0.3, 0.4) is 0 Å². The number of hydrogen-bond acceptors (Lipinski definition) is 6. The number of benzene rings is 1. The molecule has 2 aliphatic heterocycles. The summed E-state index contributed by atoms with van der Waals surface area (Å²) < 4.78 is 11.5. The van der Waals surface area contributed by atoms with Gasteiger partial charge in [-0.25, -0.2) is 0 Å². The van der Waals surface area contributed by atoms with E-state index >= 15 is 0 Å². The van der Waals surface area contributed by atoms with Gasteiger partial charge in [-0.05, 0) is 25.0 Å². The van der Waals surface area contributed by atoms with Crippen molar-refractivity contribution in [1.82, 2.24) is 0 Å². The van der Waals surface area contributed by atoms with Crippen molar-refractivity contribution in [3.05, 3.63) is 33.9 Å². The fraction of sp³-hybridized carbons (Fsp3) is 0.533. The first-order valence-electron chi connectivity index (χ1n) is 7.36. The zero-order valence-corrected chi connectivity index (χ0v) is 12.1. The van der Waals surface area contributed by atoms with Crippen LogP contribution >= 0.6 is 0 Å². The molecular formula is C15H17N3O4. The van der Waals surface area contributed by atoms with Crippen molar-refractivity contribution in [3.8, 4) is 6.07 Å². The molecule has 3 rings (SSSR count). The third-order valence-corrected chi connectivity index (χ3v) is 4.14. The highest BCUT2D eigenvalue weighted by Gasteiger charge is 2.31. The second-order valence-corrected chi connectivity index (χ2v) is 5.48. The van der Waals surface area contributed by atoms with Crippen LogP contribution in [-0.2, 0) is 9.47 Å². The van der Waals surface area contributed by atoms with E-state index in [0.717, 1.165) is 25.1 Å². The van der Waals surface area contributed by atoms with Crippen LogP contribution in [0.1, 0.15) is 18.4 Å². The summed E-state index contributed by atoms with van der Waals surface area (Å²) in [5, 5.41) is 20.0. The molecule has 1 aromatic carbocycles. The molecule has 0 amide bonds. The Morgan fingerprint density at radius 1 is 1.32 bits per heavy atom. The number of nitrogens with zero attached hydrogens (tertiary/aromatic N) is 3. The van der Waals surface area contributed by atoms with Gasteiger partial charge in [-0.2, -0.15) is 5.26 Å². The van der Waals surface area contributed by atoms with E-state index < -0.39 is 4.92 Å². The third kappa shape index (κ3) is 2.89. The zero-order valence-electron chi connectivity index (χ0n) is 12.1. The smallest absolute Gasteiger partial charge is 0.287 e. The normalized spacial score (nSPS) is 25.0. The van der Waals surface area contributed by atoms with E-state index in [-0.39, 0.29) is 23.5 Å². The molecule has 2 aliphatic rings. The largest absolute Gasteiger partial charge is 0.375 e. The van der Waals surface area contributed by atoms with Crippen LogP contribution < -0.4 is 4.90 Å². The summed E-state index contributed by atoms with van der Waals surface area (Å²) in [5.41, 5.74) is 0.742. The van der Waals surface area contributed by atoms with Crippen molar-refractivity contribution in [1.29, 1.82) is 5.26 Å². The summed E-state index contributed by atoms with van der Waals surface area (Å²) in [7, 11) is 0. The SMILES string of the molecule is N#Cc1cc(N2CCO[C@@H]([C@H]3CCCO3)C2)ccc1[N+](=O)[O-]. The molecule has 2 saturated heterocycles. The van der Waals surface area contributed by atoms with Gasteiger partial charge in [0.25, 0.3) is 5.69 Å². The summed E-state index contributed by atoms with van der Waals surface area (Å²) in [6.07, 6.45) is 2.19. The topological polar surface area (TPSA) is 88.6 Å². The Kier molecular flexibility index (Phi) is 4.22. The van der Waals surface area contributed by atoms with E-state index in [0.29, 0.717) is 19.7 Å². The second kappa shape index (κ2) is 6.30. The predicted molar refractivity (Wildman–Crippen MR) is 78.7 cm³/mol. The maximum atomic E-state index is 10.9. The van der Waals surface area contributed by atoms with E-state index in [2.05, 4.69) is 4.90 Å². The molecule has 0 spiro atoms. The molecule has 0 bridgehead atoms. The Balaban J connectivity index is 1.78. The zero-order chi connectivity index (χ0) is 15.5. The first kappa shape index (κ1) is 14.8. The number of hydrogen-bond donors (Lipinski definition) is 0. The molecule has 2 fully saturated rings. The van der Waals surface area contributed by atoms with Gasteiger partial charge in [-0.1, -0.05) is 0 Å². The fourth-order valence-electron chi connectivity index (χ4n) is 3.00. The van der Waals surface area contributed by atoms with Crippen LogP contribution in [0, 0.1) is 21.4 Å². The van der Waals surface area contributed by atoms with Crippen LogP contribution in [-0.4, -0.2) is 43.4 Å². The molecule has 2 heterocycles. The summed E-state index contributed by atoms with van der Waals surface area (Å²) in [6.45, 7) is 2.74. The van der Waals surface area contributed by atoms with Crippen molar-refractivity contribution in [2.75, 3.05) is 31.2 Å². The summed E-state index contributed by atoms with van der Waals surface area (Å²) in [4.78, 5) is 12.5. The van der Waals surface area contributed by atoms with Gasteiger partial charge in [-0.15, -0.1) is 0 Å². The van der Waals surface area contributed by atoms with Crippen molar-refractivity contribution < 1.29 is 14.4 Å². The monoisotopic (exact) mass is 303 g/mol. The Morgan fingerprint density at radius 3 is 2.82 bits per heavy atom. The lowest BCUT2D eigenvalue weighted by molar-refractivity contribution is -0.385. The minimum Gasteiger partial charge on any atom is -0.375 e. The lowest BCUT2D eigenvalue weighted by atomic mass is 10.1. The Labute approximate surface area is 128 Å². The lowest BCUT2D eigenvalue weighted by Crippen LogP contribution is -2.47. The third-order valence-electron chi connectivity index (χ3n) is 4.14. The number of morpholine rings is 1. The minimum absolute atomic E-state index is 0.0111. The molecule has 0 N–H and O–H groups in total. The van der Waals surface area contributed by atoms with E-state index in [1.807, 2.05) is 6.07 Å². The maximum Gasteiger partial charge on any atom is 0.287 e. The summed E-state index contributed by atoms with van der Waals surface area (Å²) in [5.74, 6) is 0. The van der Waals surface area contributed by atoms with Gasteiger partial charge < -0.3 is 14.4 Å². The molecule has 0 radical (unpaired) electrons. The Morgan fingerprint density at radius 2 is 2.14 bits per heavy atom. The van der Waals surface area contributed by atoms with Crippen LogP contribution in [0.5, 0.6) is 0 Å². The molecule has 0 saturated carbocycles. The van der Waals surface area contributed by atoms with Gasteiger partial charge in [0, 0.05) is 31.5 Å². The van der Waals surface area contributed by atoms with Gasteiger partial charge in [0.2, 0.25) is 0 Å². The van der Waals surface area contributed by atoms with Crippen molar-refractivity contribution >= 4 is 11.4 Å². The van der Waals surface area contributed by atoms with Crippen molar-refractivity contribution in [2.24, 2.45) is 0 Å². The number of nitro benzene ring substituents is 1. The molecule has 0 unspecified atom stereocenters. The first-order chi connectivity index (χ1) is 10.7. The van der Waals surface area contributed by atoms with Crippen molar-refractivity contribution in [3.63, 3.8) is 0 Å². The second-order valence-electron chi connectivity index (χ2n) is 5.48. The highest BCUT2D eigenvalue weighted by atomic mass is 16.6. The fourth-order valence-corrected chi connectivity index (χ4v) is 3.00. The molecule has 116 valence electrons. The Bertz CT molecular complexity index is 607. The van der Waals surface area contributed by atoms with Gasteiger partial charge >= 0.3 is 0 Å². The number of anilines is 1. The van der Waals surface area contributed by atoms with E-state index in [1.165, 1.54) is 6.07 Å². The molecule has 2 atom stereocenters. The number of nitro groups is 1. The average molecular weight is 303 g/mol. The molecule has 7 heteroatoms. The number of nitriles is 1. The highest BCUT2D eigenvalue weighted by Crippen LogP contribution is 2.28. The molecule has 22 heavy (non-hydrogen) atoms. The van der Waals surface area contributed by atoms with Gasteiger partial charge in [0.05, 0.1) is 17.6 Å². The van der Waals surface area contributed by atoms with Crippen LogP contribution in [0.25, 0.3) is 0 Å². The van der Waals surface area contributed by atoms with Crippen molar-refractivity contribution in [2.45, 2.75) is 25.0 Å². The van der Waals surface area contributed by atoms with Crippen LogP contribution in [0.4, 0.5) is 11.4 Å². The minimum atomic E-state index is -0.531. The molecule has 0 aromatic heterocycles. The molecular weight excluding hydrogens is 286 g/mol. The molecule has 1 aromatic rings. The van der Waals surface area contributed by atoms with Gasteiger partial charge in [0.1, 0.15) is 17.7 Å². The summed E-state index contributed by atoms with van der Waals surface area (Å²) in [6, 6.07) is 6.56. The predicted octanol–water partition coefficient (Wildman–Crippen LogP) is 1.85. The van der Waals surface area contributed by atoms with E-state index in [1.54, 1.807) is 12.1 Å². The number of ether oxygens (including phenoxy) is 2. The summed E-state index contributed by atoms with van der Waals surface area (Å²) >= 11 is 0. The molecule has 7 nitrogen and oxygen atoms in total. The van der Waals surface area contributed by atoms with Gasteiger partial charge in [0.15, 0.2) is 0 Å². The molecule has 0 aliphatic carbocycles. The van der Waals surface area contributed by atoms with Gasteiger partial charge in [-0.3, -0.25) is 10.1 Å². The van der Waals surface area contributed by atoms with E-state index in [4.69, 9.17) is 14.7 Å². The highest BCUT2D eigenvalue weighted by molar-refractivity contribution is 5.60. The quantitative estimate of drug-likeness (QED) is 0.625. The standard InChI is InChI=1S/C15H17N3O4/c16-9-11-8-12(3-4-13(11)18(19)20)17-5-7-22-15(10-17)14-2-1-6-21-14/h3-4,8,14-15H,1-2,5-7,10H2/t14-,15-/m1/s1. The Hall–Kier alpha value is -2.17. The van der Waals surface area contributed by atoms with Crippen LogP contribution in [0.2, 0.25) is 0 Å². The lowest BCUT2D eigenvalue weighted by Gasteiger charge is -2.36. The number of rotatable bonds is 3.